The normalized spacial score (nSPS) is 15.2. The molecule has 2 aromatic heterocycles. The Bertz CT molecular complexity index is 1790. The number of ether oxygens (including phenoxy) is 1. The molecule has 0 aliphatic carbocycles. The summed E-state index contributed by atoms with van der Waals surface area (Å²) in [4.78, 5) is 20.5. The van der Waals surface area contributed by atoms with E-state index in [1.807, 2.05) is 0 Å². The minimum atomic E-state index is -4.16. The molecule has 0 saturated heterocycles. The number of sulfonamides is 1. The number of carbonyl (C=O) groups is 1. The number of benzene rings is 3. The van der Waals surface area contributed by atoms with Crippen molar-refractivity contribution in [3.63, 3.8) is 0 Å². The van der Waals surface area contributed by atoms with Gasteiger partial charge in [0.1, 0.15) is 0 Å². The van der Waals surface area contributed by atoms with Crippen molar-refractivity contribution < 1.29 is 31.2 Å². The van der Waals surface area contributed by atoms with Crippen LogP contribution in [0.25, 0.3) is 21.5 Å². The second-order valence-corrected chi connectivity index (χ2v) is 12.0. The van der Waals surface area contributed by atoms with Gasteiger partial charge in [0.25, 0.3) is 10.5 Å². The Balaban J connectivity index is 1.33. The molecule has 204 valence electrons. The highest BCUT2D eigenvalue weighted by Crippen LogP contribution is 2.29. The van der Waals surface area contributed by atoms with Crippen molar-refractivity contribution in [2.75, 3.05) is 7.11 Å². The van der Waals surface area contributed by atoms with Crippen molar-refractivity contribution in [1.82, 2.24) is 14.7 Å². The number of fused-ring (bicyclic) bond motifs is 2. The van der Waals surface area contributed by atoms with Gasteiger partial charge in [-0.1, -0.05) is 32.7 Å². The first kappa shape index (κ1) is 27.5. The quantitative estimate of drug-likeness (QED) is 0.202. The summed E-state index contributed by atoms with van der Waals surface area (Å²) in [5, 5.41) is 2.58. The van der Waals surface area contributed by atoms with E-state index in [1.165, 1.54) is 36.5 Å². The summed E-state index contributed by atoms with van der Waals surface area (Å²) in [6.07, 6.45) is 6.19. The van der Waals surface area contributed by atoms with Crippen LogP contribution in [0.2, 0.25) is 0 Å². The van der Waals surface area contributed by atoms with Gasteiger partial charge in [-0.25, -0.2) is 0 Å². The molecule has 0 aliphatic rings. The molecule has 0 saturated carbocycles. The molecule has 12 heteroatoms. The van der Waals surface area contributed by atoms with Crippen molar-refractivity contribution in [3.05, 3.63) is 103 Å². The van der Waals surface area contributed by atoms with Crippen molar-refractivity contribution in [2.24, 2.45) is 0 Å². The third-order valence-corrected chi connectivity index (χ3v) is 8.96. The molecule has 5 aromatic rings. The molecular weight excluding hydrogens is 554 g/mol. The fourth-order valence-electron chi connectivity index (χ4n) is 4.20. The molecule has 3 aromatic carbocycles. The summed E-state index contributed by atoms with van der Waals surface area (Å²) in [5.74, 6) is -0.724. The van der Waals surface area contributed by atoms with E-state index in [4.69, 9.17) is 8.92 Å². The molecule has 0 aliphatic heterocycles. The molecule has 1 N–H and O–H groups in total. The highest BCUT2D eigenvalue weighted by molar-refractivity contribution is 7.95. The smallest absolute Gasteiger partial charge is 0.327 e. The average molecular weight is 578 g/mol. The molecule has 0 fully saturated rings. The Morgan fingerprint density at radius 3 is 2.38 bits per heavy atom. The summed E-state index contributed by atoms with van der Waals surface area (Å²) in [5.41, 5.74) is 0.545. The zero-order chi connectivity index (χ0) is 28.3. The van der Waals surface area contributed by atoms with Crippen LogP contribution >= 0.6 is 0 Å². The fourth-order valence-corrected chi connectivity index (χ4v) is 6.57. The highest BCUT2D eigenvalue weighted by Gasteiger charge is 2.31. The van der Waals surface area contributed by atoms with Gasteiger partial charge in [-0.3, -0.25) is 18.9 Å². The highest BCUT2D eigenvalue weighted by atomic mass is 32.3. The average Bonchev–Trinajstić information content (AvgIpc) is 2.96. The summed E-state index contributed by atoms with van der Waals surface area (Å²) in [7, 11) is -7.08. The summed E-state index contributed by atoms with van der Waals surface area (Å²) in [6.45, 7) is 0. The molecule has 0 spiro atoms. The first-order valence-corrected chi connectivity index (χ1v) is 14.9. The van der Waals surface area contributed by atoms with E-state index in [1.54, 1.807) is 61.1 Å². The van der Waals surface area contributed by atoms with Crippen molar-refractivity contribution in [3.8, 4) is 5.75 Å². The van der Waals surface area contributed by atoms with Crippen molar-refractivity contribution in [2.45, 2.75) is 22.3 Å². The Morgan fingerprint density at radius 1 is 0.900 bits per heavy atom. The Labute approximate surface area is 232 Å². The van der Waals surface area contributed by atoms with Gasteiger partial charge >= 0.3 is 5.97 Å². The lowest BCUT2D eigenvalue weighted by Gasteiger charge is -2.21. The Kier molecular flexibility index (Phi) is 7.70. The third kappa shape index (κ3) is 5.91. The molecular formula is C28H23N3O7S2. The number of pyridine rings is 2. The van der Waals surface area contributed by atoms with E-state index in [-0.39, 0.29) is 22.0 Å². The van der Waals surface area contributed by atoms with Crippen LogP contribution in [-0.4, -0.2) is 38.2 Å². The second-order valence-electron chi connectivity index (χ2n) is 8.82. The zero-order valence-corrected chi connectivity index (χ0v) is 22.7. The molecule has 3 atom stereocenters. The maximum absolute atomic E-state index is 13.1. The number of aromatic nitrogens is 2. The molecule has 2 heterocycles. The van der Waals surface area contributed by atoms with Crippen LogP contribution < -0.4 is 8.91 Å². The van der Waals surface area contributed by atoms with E-state index < -0.39 is 32.9 Å². The van der Waals surface area contributed by atoms with Crippen LogP contribution in [0.5, 0.6) is 5.75 Å². The monoisotopic (exact) mass is 577 g/mol. The first-order valence-electron chi connectivity index (χ1n) is 12.0. The van der Waals surface area contributed by atoms with Gasteiger partial charge in [-0.05, 0) is 53.4 Å². The lowest BCUT2D eigenvalue weighted by molar-refractivity contribution is -0.142. The summed E-state index contributed by atoms with van der Waals surface area (Å²) >= 11 is 0. The molecule has 2 unspecified atom stereocenters. The van der Waals surface area contributed by atoms with Gasteiger partial charge in [-0.15, -0.1) is 4.72 Å². The summed E-state index contributed by atoms with van der Waals surface area (Å²) < 4.78 is 64.8. The van der Waals surface area contributed by atoms with E-state index in [9.17, 15) is 22.3 Å². The molecule has 0 radical (unpaired) electrons. The lowest BCUT2D eigenvalue weighted by atomic mass is 10.1. The Hall–Kier alpha value is -4.07. The topological polar surface area (TPSA) is 154 Å². The number of carbonyl (C=O) groups excluding carboxylic acids is 1. The first-order chi connectivity index (χ1) is 19.2. The number of hydrogen-bond donors (Lipinski definition) is 1. The van der Waals surface area contributed by atoms with E-state index in [2.05, 4.69) is 14.7 Å². The third-order valence-electron chi connectivity index (χ3n) is 6.18. The van der Waals surface area contributed by atoms with Crippen LogP contribution in [0.1, 0.15) is 5.56 Å². The number of nitrogens with one attached hydrogen (secondary N) is 1. The minimum Gasteiger partial charge on any atom is -0.593 e. The predicted molar refractivity (Wildman–Crippen MR) is 147 cm³/mol. The van der Waals surface area contributed by atoms with Gasteiger partial charge in [0.05, 0.1) is 7.11 Å². The second kappa shape index (κ2) is 11.2. The zero-order valence-electron chi connectivity index (χ0n) is 21.1. The van der Waals surface area contributed by atoms with Crippen LogP contribution in [0, 0.1) is 0 Å². The molecule has 40 heavy (non-hydrogen) atoms. The number of rotatable bonds is 9. The minimum absolute atomic E-state index is 0.00147. The number of esters is 1. The van der Waals surface area contributed by atoms with Crippen molar-refractivity contribution >= 4 is 48.4 Å². The van der Waals surface area contributed by atoms with E-state index >= 15 is 0 Å². The largest absolute Gasteiger partial charge is 0.593 e. The molecule has 0 bridgehead atoms. The van der Waals surface area contributed by atoms with Crippen molar-refractivity contribution in [1.29, 1.82) is 0 Å². The summed E-state index contributed by atoms with van der Waals surface area (Å²) in [6, 6.07) is 17.4. The van der Waals surface area contributed by atoms with Gasteiger partial charge in [0.15, 0.2) is 27.1 Å². The molecule has 0 amide bonds. The maximum Gasteiger partial charge on any atom is 0.327 e. The molecule has 10 nitrogen and oxygen atoms in total. The van der Waals surface area contributed by atoms with E-state index in [0.717, 1.165) is 12.5 Å². The van der Waals surface area contributed by atoms with Gasteiger partial charge in [0, 0.05) is 53.4 Å². The SMILES string of the molecule is COC(=O)[C@H](Cc1ccc(O[S+](=O)([O-])c2cccc3cnccc23)cc1)N[S+](=O)([O-])c1ccc2cnccc2c1. The number of hydrogen-bond acceptors (Lipinski definition) is 9. The lowest BCUT2D eigenvalue weighted by Crippen LogP contribution is -2.45. The van der Waals surface area contributed by atoms with Crippen LogP contribution in [0.15, 0.2) is 107 Å². The van der Waals surface area contributed by atoms with Crippen LogP contribution in [-0.2, 0) is 45.3 Å². The molecule has 5 rings (SSSR count). The van der Waals surface area contributed by atoms with Crippen LogP contribution in [0.3, 0.4) is 0 Å². The van der Waals surface area contributed by atoms with Gasteiger partial charge in [-0.2, -0.15) is 0 Å². The van der Waals surface area contributed by atoms with Gasteiger partial charge < -0.3 is 13.8 Å². The van der Waals surface area contributed by atoms with E-state index in [0.29, 0.717) is 21.7 Å². The number of nitrogens with zero attached hydrogens (tertiary/aromatic N) is 2. The standard InChI is InChI=1S/C28H23N3O7S2/c1-37-28(32)26(31-39(33,34)24-10-7-21-17-29-13-11-20(21)16-24)15-19-5-8-23(9-6-19)38-40(35,36)27-4-2-3-22-18-30-14-12-25(22)27/h2-14,16-18,26H,15H2,1H3,(H-2,31,33,34,35,36)/t26-/m0/s1. The maximum atomic E-state index is 13.1. The van der Waals surface area contributed by atoms with Gasteiger partial charge in [0.2, 0.25) is 4.90 Å². The fraction of sp³-hybridized carbons (Fsp3) is 0.107. The number of methoxy groups -OCH3 is 1. The van der Waals surface area contributed by atoms with Crippen LogP contribution in [0.4, 0.5) is 0 Å². The predicted octanol–water partition coefficient (Wildman–Crippen LogP) is 4.04. The Morgan fingerprint density at radius 2 is 1.62 bits per heavy atom.